The van der Waals surface area contributed by atoms with E-state index in [-0.39, 0.29) is 0 Å². The SMILES string of the molecule is CN(CC1(O)CCCC1)c1nc2ccccn2c1CN. The van der Waals surface area contributed by atoms with Crippen molar-refractivity contribution < 1.29 is 5.11 Å². The summed E-state index contributed by atoms with van der Waals surface area (Å²) < 4.78 is 2.02. The van der Waals surface area contributed by atoms with Gasteiger partial charge >= 0.3 is 0 Å². The molecule has 1 aliphatic carbocycles. The maximum Gasteiger partial charge on any atom is 0.152 e. The lowest BCUT2D eigenvalue weighted by molar-refractivity contribution is 0.0558. The lowest BCUT2D eigenvalue weighted by Gasteiger charge is -2.29. The van der Waals surface area contributed by atoms with Crippen LogP contribution in [-0.4, -0.2) is 33.7 Å². The summed E-state index contributed by atoms with van der Waals surface area (Å²) in [5, 5.41) is 10.6. The van der Waals surface area contributed by atoms with Crippen LogP contribution in [0.1, 0.15) is 31.4 Å². The highest BCUT2D eigenvalue weighted by Crippen LogP contribution is 2.31. The lowest BCUT2D eigenvalue weighted by atomic mass is 10.0. The highest BCUT2D eigenvalue weighted by atomic mass is 16.3. The van der Waals surface area contributed by atoms with Crippen LogP contribution < -0.4 is 10.6 Å². The number of imidazole rings is 1. The van der Waals surface area contributed by atoms with Crippen molar-refractivity contribution in [2.45, 2.75) is 37.8 Å². The first-order valence-corrected chi connectivity index (χ1v) is 7.22. The van der Waals surface area contributed by atoms with Gasteiger partial charge in [0.1, 0.15) is 5.65 Å². The van der Waals surface area contributed by atoms with Crippen molar-refractivity contribution in [1.82, 2.24) is 9.38 Å². The number of hydrogen-bond acceptors (Lipinski definition) is 4. The summed E-state index contributed by atoms with van der Waals surface area (Å²) in [6.45, 7) is 1.05. The third-order valence-electron chi connectivity index (χ3n) is 4.23. The highest BCUT2D eigenvalue weighted by molar-refractivity contribution is 5.55. The van der Waals surface area contributed by atoms with Gasteiger partial charge in [-0.05, 0) is 25.0 Å². The minimum atomic E-state index is -0.573. The molecule has 0 radical (unpaired) electrons. The van der Waals surface area contributed by atoms with Gasteiger partial charge in [-0.2, -0.15) is 0 Å². The molecule has 0 atom stereocenters. The van der Waals surface area contributed by atoms with Crippen molar-refractivity contribution in [2.24, 2.45) is 5.73 Å². The van der Waals surface area contributed by atoms with E-state index in [2.05, 4.69) is 4.98 Å². The number of pyridine rings is 1. The molecule has 3 rings (SSSR count). The largest absolute Gasteiger partial charge is 0.388 e. The van der Waals surface area contributed by atoms with Crippen LogP contribution >= 0.6 is 0 Å². The summed E-state index contributed by atoms with van der Waals surface area (Å²) in [7, 11) is 1.98. The second-order valence-corrected chi connectivity index (χ2v) is 5.80. The fourth-order valence-corrected chi connectivity index (χ4v) is 3.24. The molecule has 0 aliphatic heterocycles. The normalized spacial score (nSPS) is 17.8. The maximum atomic E-state index is 10.6. The first-order valence-electron chi connectivity index (χ1n) is 7.22. The van der Waals surface area contributed by atoms with Gasteiger partial charge in [-0.15, -0.1) is 0 Å². The van der Waals surface area contributed by atoms with Crippen molar-refractivity contribution >= 4 is 11.5 Å². The van der Waals surface area contributed by atoms with E-state index in [1.165, 1.54) is 0 Å². The molecule has 2 aromatic rings. The van der Waals surface area contributed by atoms with E-state index in [0.29, 0.717) is 13.1 Å². The van der Waals surface area contributed by atoms with Gasteiger partial charge in [0, 0.05) is 26.3 Å². The molecule has 5 heteroatoms. The Morgan fingerprint density at radius 1 is 1.40 bits per heavy atom. The molecule has 3 N–H and O–H groups in total. The average Bonchev–Trinajstić information content (AvgIpc) is 3.02. The smallest absolute Gasteiger partial charge is 0.152 e. The molecular formula is C15H22N4O. The van der Waals surface area contributed by atoms with E-state index < -0.39 is 5.60 Å². The number of anilines is 1. The van der Waals surface area contributed by atoms with Gasteiger partial charge < -0.3 is 20.1 Å². The van der Waals surface area contributed by atoms with E-state index in [1.807, 2.05) is 40.7 Å². The molecule has 1 fully saturated rings. The Kier molecular flexibility index (Phi) is 3.40. The molecule has 0 aromatic carbocycles. The van der Waals surface area contributed by atoms with Gasteiger partial charge in [-0.25, -0.2) is 4.98 Å². The Morgan fingerprint density at radius 2 is 2.15 bits per heavy atom. The number of nitrogens with two attached hydrogens (primary N) is 1. The number of nitrogens with zero attached hydrogens (tertiary/aromatic N) is 3. The van der Waals surface area contributed by atoms with Crippen LogP contribution in [-0.2, 0) is 6.54 Å². The van der Waals surface area contributed by atoms with Crippen LogP contribution in [0.2, 0.25) is 0 Å². The predicted octanol–water partition coefficient (Wildman–Crippen LogP) is 1.53. The summed E-state index contributed by atoms with van der Waals surface area (Å²) in [5.74, 6) is 0.874. The zero-order chi connectivity index (χ0) is 14.2. The summed E-state index contributed by atoms with van der Waals surface area (Å²) in [5.41, 5.74) is 7.20. The molecule has 20 heavy (non-hydrogen) atoms. The first-order chi connectivity index (χ1) is 9.63. The van der Waals surface area contributed by atoms with Gasteiger partial charge in [0.2, 0.25) is 0 Å². The Hall–Kier alpha value is -1.59. The van der Waals surface area contributed by atoms with E-state index in [9.17, 15) is 5.11 Å². The molecule has 108 valence electrons. The topological polar surface area (TPSA) is 66.8 Å². The van der Waals surface area contributed by atoms with E-state index >= 15 is 0 Å². The lowest BCUT2D eigenvalue weighted by Crippen LogP contribution is -2.39. The molecule has 0 unspecified atom stereocenters. The standard InChI is InChI=1S/C15H22N4O/c1-18(11-15(20)7-3-4-8-15)14-12(10-16)19-9-5-2-6-13(19)17-14/h2,5-6,9,20H,3-4,7-8,10-11,16H2,1H3. The van der Waals surface area contributed by atoms with Crippen molar-refractivity contribution in [3.63, 3.8) is 0 Å². The molecule has 5 nitrogen and oxygen atoms in total. The monoisotopic (exact) mass is 274 g/mol. The zero-order valence-corrected chi connectivity index (χ0v) is 11.9. The number of aromatic nitrogens is 2. The number of hydrogen-bond donors (Lipinski definition) is 2. The number of rotatable bonds is 4. The van der Waals surface area contributed by atoms with Gasteiger partial charge in [0.15, 0.2) is 5.82 Å². The highest BCUT2D eigenvalue weighted by Gasteiger charge is 2.33. The molecule has 0 amide bonds. The molecule has 2 heterocycles. The minimum Gasteiger partial charge on any atom is -0.388 e. The van der Waals surface area contributed by atoms with Gasteiger partial charge in [0.05, 0.1) is 11.3 Å². The Morgan fingerprint density at radius 3 is 2.85 bits per heavy atom. The molecule has 1 saturated carbocycles. The van der Waals surface area contributed by atoms with Crippen molar-refractivity contribution in [3.05, 3.63) is 30.1 Å². The summed E-state index contributed by atoms with van der Waals surface area (Å²) in [6.07, 6.45) is 5.95. The van der Waals surface area contributed by atoms with Gasteiger partial charge in [0.25, 0.3) is 0 Å². The van der Waals surface area contributed by atoms with Crippen molar-refractivity contribution in [2.75, 3.05) is 18.5 Å². The summed E-state index contributed by atoms with van der Waals surface area (Å²) >= 11 is 0. The van der Waals surface area contributed by atoms with Crippen LogP contribution in [0.3, 0.4) is 0 Å². The van der Waals surface area contributed by atoms with E-state index in [0.717, 1.165) is 42.8 Å². The Labute approximate surface area is 119 Å². The van der Waals surface area contributed by atoms with Crippen molar-refractivity contribution in [1.29, 1.82) is 0 Å². The van der Waals surface area contributed by atoms with Crippen LogP contribution in [0.4, 0.5) is 5.82 Å². The molecular weight excluding hydrogens is 252 g/mol. The summed E-state index contributed by atoms with van der Waals surface area (Å²) in [4.78, 5) is 6.70. The fourth-order valence-electron chi connectivity index (χ4n) is 3.24. The molecule has 0 bridgehead atoms. The second kappa shape index (κ2) is 5.07. The van der Waals surface area contributed by atoms with Gasteiger partial charge in [-0.3, -0.25) is 0 Å². The first kappa shape index (κ1) is 13.4. The average molecular weight is 274 g/mol. The number of aliphatic hydroxyl groups is 1. The molecule has 1 aliphatic rings. The van der Waals surface area contributed by atoms with Crippen molar-refractivity contribution in [3.8, 4) is 0 Å². The Bertz CT molecular complexity index is 601. The maximum absolute atomic E-state index is 10.6. The molecule has 2 aromatic heterocycles. The minimum absolute atomic E-state index is 0.434. The number of likely N-dealkylation sites (N-methyl/N-ethyl adjacent to an activating group) is 1. The number of fused-ring (bicyclic) bond motifs is 1. The predicted molar refractivity (Wildman–Crippen MR) is 79.8 cm³/mol. The van der Waals surface area contributed by atoms with Gasteiger partial charge in [-0.1, -0.05) is 18.9 Å². The third kappa shape index (κ3) is 2.27. The van der Waals surface area contributed by atoms with Crippen LogP contribution in [0.15, 0.2) is 24.4 Å². The Balaban J connectivity index is 1.92. The second-order valence-electron chi connectivity index (χ2n) is 5.80. The van der Waals surface area contributed by atoms with Crippen LogP contribution in [0.25, 0.3) is 5.65 Å². The van der Waals surface area contributed by atoms with Crippen LogP contribution in [0.5, 0.6) is 0 Å². The summed E-state index contributed by atoms with van der Waals surface area (Å²) in [6, 6.07) is 5.92. The van der Waals surface area contributed by atoms with E-state index in [1.54, 1.807) is 0 Å². The zero-order valence-electron chi connectivity index (χ0n) is 11.9. The fraction of sp³-hybridized carbons (Fsp3) is 0.533. The van der Waals surface area contributed by atoms with Crippen LogP contribution in [0, 0.1) is 0 Å². The molecule has 0 saturated heterocycles. The van der Waals surface area contributed by atoms with E-state index in [4.69, 9.17) is 5.73 Å². The third-order valence-corrected chi connectivity index (χ3v) is 4.23. The quantitative estimate of drug-likeness (QED) is 0.887. The molecule has 0 spiro atoms.